The molecule has 0 atom stereocenters. The van der Waals surface area contributed by atoms with Crippen molar-refractivity contribution in [2.24, 2.45) is 0 Å². The Hall–Kier alpha value is -2.24. The standard InChI is InChI=1S/C18H26O6/c1-17(2,3)23-15(19)11-21-13-7-9-14(10-8-13)22-12-16(20)24-18(4,5)6/h7-10H,11-12H2,1-6H3. The molecule has 1 rings (SSSR count). The summed E-state index contributed by atoms with van der Waals surface area (Å²) in [5.74, 6) is 0.136. The lowest BCUT2D eigenvalue weighted by Crippen LogP contribution is -2.27. The first kappa shape index (κ1) is 19.8. The van der Waals surface area contributed by atoms with Crippen LogP contribution in [0.15, 0.2) is 24.3 Å². The van der Waals surface area contributed by atoms with Crippen LogP contribution < -0.4 is 9.47 Å². The van der Waals surface area contributed by atoms with E-state index in [1.807, 2.05) is 0 Å². The fourth-order valence-corrected chi connectivity index (χ4v) is 1.66. The third-order valence-electron chi connectivity index (χ3n) is 2.38. The molecule has 0 amide bonds. The molecule has 0 bridgehead atoms. The lowest BCUT2D eigenvalue weighted by atomic mass is 10.2. The van der Waals surface area contributed by atoms with E-state index in [0.717, 1.165) is 0 Å². The first-order valence-electron chi connectivity index (χ1n) is 7.74. The normalized spacial score (nSPS) is 11.6. The van der Waals surface area contributed by atoms with Gasteiger partial charge < -0.3 is 18.9 Å². The van der Waals surface area contributed by atoms with E-state index in [2.05, 4.69) is 0 Å². The average Bonchev–Trinajstić information content (AvgIpc) is 2.40. The van der Waals surface area contributed by atoms with Crippen molar-refractivity contribution < 1.29 is 28.5 Å². The van der Waals surface area contributed by atoms with E-state index in [1.54, 1.807) is 65.8 Å². The lowest BCUT2D eigenvalue weighted by Gasteiger charge is -2.19. The predicted octanol–water partition coefficient (Wildman–Crippen LogP) is 3.13. The first-order chi connectivity index (χ1) is 10.9. The molecule has 0 N–H and O–H groups in total. The van der Waals surface area contributed by atoms with Gasteiger partial charge in [0.25, 0.3) is 0 Å². The molecule has 0 fully saturated rings. The zero-order valence-electron chi connectivity index (χ0n) is 15.2. The molecular weight excluding hydrogens is 312 g/mol. The average molecular weight is 338 g/mol. The van der Waals surface area contributed by atoms with Crippen molar-refractivity contribution in [3.05, 3.63) is 24.3 Å². The van der Waals surface area contributed by atoms with Gasteiger partial charge in [0.2, 0.25) is 0 Å². The zero-order valence-corrected chi connectivity index (χ0v) is 15.2. The van der Waals surface area contributed by atoms with Gasteiger partial charge in [0.05, 0.1) is 0 Å². The zero-order chi connectivity index (χ0) is 18.4. The van der Waals surface area contributed by atoms with Crippen molar-refractivity contribution in [1.29, 1.82) is 0 Å². The maximum Gasteiger partial charge on any atom is 0.344 e. The summed E-state index contributed by atoms with van der Waals surface area (Å²) < 4.78 is 21.0. The van der Waals surface area contributed by atoms with Crippen LogP contribution in [-0.2, 0) is 19.1 Å². The number of hydrogen-bond acceptors (Lipinski definition) is 6. The van der Waals surface area contributed by atoms with Crippen molar-refractivity contribution in [3.8, 4) is 11.5 Å². The Bertz CT molecular complexity index is 497. The van der Waals surface area contributed by atoms with Gasteiger partial charge in [-0.25, -0.2) is 9.59 Å². The minimum atomic E-state index is -0.542. The Labute approximate surface area is 143 Å². The second kappa shape index (κ2) is 8.04. The molecule has 0 aromatic heterocycles. The summed E-state index contributed by atoms with van der Waals surface area (Å²) >= 11 is 0. The van der Waals surface area contributed by atoms with Crippen molar-refractivity contribution in [3.63, 3.8) is 0 Å². The van der Waals surface area contributed by atoms with Crippen molar-refractivity contribution in [2.75, 3.05) is 13.2 Å². The number of benzene rings is 1. The fourth-order valence-electron chi connectivity index (χ4n) is 1.66. The summed E-state index contributed by atoms with van der Waals surface area (Å²) in [7, 11) is 0. The Morgan fingerprint density at radius 2 is 1.00 bits per heavy atom. The third kappa shape index (κ3) is 9.02. The molecule has 0 spiro atoms. The Morgan fingerprint density at radius 3 is 1.25 bits per heavy atom. The molecule has 0 saturated heterocycles. The van der Waals surface area contributed by atoms with E-state index in [9.17, 15) is 9.59 Å². The van der Waals surface area contributed by atoms with E-state index in [4.69, 9.17) is 18.9 Å². The summed E-state index contributed by atoms with van der Waals surface area (Å²) in [6.07, 6.45) is 0. The van der Waals surface area contributed by atoms with E-state index >= 15 is 0 Å². The number of hydrogen-bond donors (Lipinski definition) is 0. The van der Waals surface area contributed by atoms with Gasteiger partial charge in [-0.1, -0.05) is 0 Å². The van der Waals surface area contributed by atoms with Crippen LogP contribution >= 0.6 is 0 Å². The Balaban J connectivity index is 2.41. The fraction of sp³-hybridized carbons (Fsp3) is 0.556. The number of carbonyl (C=O) groups is 2. The molecule has 6 nitrogen and oxygen atoms in total. The molecule has 0 unspecified atom stereocenters. The highest BCUT2D eigenvalue weighted by Gasteiger charge is 2.17. The third-order valence-corrected chi connectivity index (χ3v) is 2.38. The number of esters is 2. The van der Waals surface area contributed by atoms with Crippen molar-refractivity contribution >= 4 is 11.9 Å². The van der Waals surface area contributed by atoms with E-state index in [1.165, 1.54) is 0 Å². The minimum absolute atomic E-state index is 0.171. The molecule has 0 aliphatic heterocycles. The van der Waals surface area contributed by atoms with Crippen LogP contribution in [0.2, 0.25) is 0 Å². The van der Waals surface area contributed by atoms with Crippen LogP contribution in [0.25, 0.3) is 0 Å². The topological polar surface area (TPSA) is 71.1 Å². The van der Waals surface area contributed by atoms with E-state index < -0.39 is 23.1 Å². The number of ether oxygens (including phenoxy) is 4. The van der Waals surface area contributed by atoms with Gasteiger partial charge in [-0.05, 0) is 65.8 Å². The van der Waals surface area contributed by atoms with Gasteiger partial charge in [-0.15, -0.1) is 0 Å². The summed E-state index contributed by atoms with van der Waals surface area (Å²) in [6, 6.07) is 6.59. The molecule has 1 aromatic carbocycles. The van der Waals surface area contributed by atoms with Gasteiger partial charge in [0, 0.05) is 0 Å². The largest absolute Gasteiger partial charge is 0.482 e. The van der Waals surface area contributed by atoms with Crippen LogP contribution in [0.1, 0.15) is 41.5 Å². The molecule has 0 aliphatic rings. The molecule has 6 heteroatoms. The maximum atomic E-state index is 11.6. The van der Waals surface area contributed by atoms with E-state index in [-0.39, 0.29) is 13.2 Å². The number of rotatable bonds is 6. The maximum absolute atomic E-state index is 11.6. The van der Waals surface area contributed by atoms with E-state index in [0.29, 0.717) is 11.5 Å². The minimum Gasteiger partial charge on any atom is -0.482 e. The van der Waals surface area contributed by atoms with Gasteiger partial charge in [-0.2, -0.15) is 0 Å². The highest BCUT2D eigenvalue weighted by Crippen LogP contribution is 2.18. The smallest absolute Gasteiger partial charge is 0.344 e. The molecular formula is C18H26O6. The number of carbonyl (C=O) groups excluding carboxylic acids is 2. The molecule has 0 radical (unpaired) electrons. The van der Waals surface area contributed by atoms with Gasteiger partial charge in [-0.3, -0.25) is 0 Å². The van der Waals surface area contributed by atoms with Crippen LogP contribution in [0.5, 0.6) is 11.5 Å². The molecule has 134 valence electrons. The Morgan fingerprint density at radius 1 is 0.708 bits per heavy atom. The molecule has 0 saturated carbocycles. The Kier molecular flexibility index (Phi) is 6.63. The van der Waals surface area contributed by atoms with Gasteiger partial charge in [0.15, 0.2) is 13.2 Å². The summed E-state index contributed by atoms with van der Waals surface area (Å²) in [4.78, 5) is 23.1. The lowest BCUT2D eigenvalue weighted by molar-refractivity contribution is -0.158. The molecule has 24 heavy (non-hydrogen) atoms. The predicted molar refractivity (Wildman–Crippen MR) is 89.1 cm³/mol. The van der Waals surface area contributed by atoms with Crippen molar-refractivity contribution in [1.82, 2.24) is 0 Å². The molecule has 1 aromatic rings. The second-order valence-electron chi connectivity index (χ2n) is 7.22. The summed E-state index contributed by atoms with van der Waals surface area (Å²) in [5.41, 5.74) is -1.08. The highest BCUT2D eigenvalue weighted by atomic mass is 16.6. The van der Waals surface area contributed by atoms with Crippen LogP contribution in [0.3, 0.4) is 0 Å². The van der Waals surface area contributed by atoms with Crippen LogP contribution in [0, 0.1) is 0 Å². The summed E-state index contributed by atoms with van der Waals surface area (Å²) in [6.45, 7) is 10.4. The summed E-state index contributed by atoms with van der Waals surface area (Å²) in [5, 5.41) is 0. The van der Waals surface area contributed by atoms with Gasteiger partial charge >= 0.3 is 11.9 Å². The highest BCUT2D eigenvalue weighted by molar-refractivity contribution is 5.72. The SMILES string of the molecule is CC(C)(C)OC(=O)COc1ccc(OCC(=O)OC(C)(C)C)cc1. The van der Waals surface area contributed by atoms with Gasteiger partial charge in [0.1, 0.15) is 22.7 Å². The van der Waals surface area contributed by atoms with Crippen molar-refractivity contribution in [2.45, 2.75) is 52.7 Å². The molecule has 0 aliphatic carbocycles. The molecule has 0 heterocycles. The quantitative estimate of drug-likeness (QED) is 0.742. The van der Waals surface area contributed by atoms with Crippen LogP contribution in [-0.4, -0.2) is 36.4 Å². The second-order valence-corrected chi connectivity index (χ2v) is 7.22. The first-order valence-corrected chi connectivity index (χ1v) is 7.74. The van der Waals surface area contributed by atoms with Crippen LogP contribution in [0.4, 0.5) is 0 Å². The monoisotopic (exact) mass is 338 g/mol.